The van der Waals surface area contributed by atoms with Crippen LogP contribution in [0.3, 0.4) is 0 Å². The molecule has 20 heavy (non-hydrogen) atoms. The van der Waals surface area contributed by atoms with Crippen molar-refractivity contribution in [1.29, 1.82) is 0 Å². The summed E-state index contributed by atoms with van der Waals surface area (Å²) in [5.74, 6) is 0.676. The van der Waals surface area contributed by atoms with E-state index in [4.69, 9.17) is 5.73 Å². The zero-order chi connectivity index (χ0) is 15.3. The highest BCUT2D eigenvalue weighted by atomic mass is 19.3. The minimum atomic E-state index is -2.80. The minimum Gasteiger partial charge on any atom is -0.435 e. The van der Waals surface area contributed by atoms with E-state index in [2.05, 4.69) is 30.4 Å². The fourth-order valence-corrected chi connectivity index (χ4v) is 2.16. The van der Waals surface area contributed by atoms with Crippen LogP contribution < -0.4 is 10.5 Å². The molecule has 0 amide bonds. The number of nitrogens with two attached hydrogens (primary N) is 1. The number of likely N-dealkylation sites (N-methyl/N-ethyl adjacent to an activating group) is 1. The predicted octanol–water partition coefficient (Wildman–Crippen LogP) is 3.26. The Labute approximate surface area is 119 Å². The summed E-state index contributed by atoms with van der Waals surface area (Å²) < 4.78 is 28.6. The number of ether oxygens (including phenoxy) is 1. The van der Waals surface area contributed by atoms with Crippen molar-refractivity contribution in [2.75, 3.05) is 13.6 Å². The Hall–Kier alpha value is -1.20. The largest absolute Gasteiger partial charge is 0.435 e. The molecular weight excluding hydrogens is 262 g/mol. The number of hydrogen-bond acceptors (Lipinski definition) is 3. The fourth-order valence-electron chi connectivity index (χ4n) is 2.16. The number of alkyl halides is 2. The lowest BCUT2D eigenvalue weighted by atomic mass is 9.99. The van der Waals surface area contributed by atoms with Crippen LogP contribution in [0.25, 0.3) is 0 Å². The van der Waals surface area contributed by atoms with E-state index < -0.39 is 6.61 Å². The molecular formula is C15H24F2N2O. The molecule has 0 aliphatic rings. The smallest absolute Gasteiger partial charge is 0.387 e. The summed E-state index contributed by atoms with van der Waals surface area (Å²) in [6, 6.07) is 7.13. The lowest BCUT2D eigenvalue weighted by Gasteiger charge is -2.35. The van der Waals surface area contributed by atoms with Gasteiger partial charge < -0.3 is 10.5 Å². The summed E-state index contributed by atoms with van der Waals surface area (Å²) in [4.78, 5) is 2.22. The molecule has 0 heterocycles. The Bertz CT molecular complexity index is 395. The lowest BCUT2D eigenvalue weighted by Crippen LogP contribution is -2.39. The molecule has 0 aromatic heterocycles. The third-order valence-electron chi connectivity index (χ3n) is 3.81. The van der Waals surface area contributed by atoms with Gasteiger partial charge in [0, 0.05) is 18.6 Å². The summed E-state index contributed by atoms with van der Waals surface area (Å²) in [6.45, 7) is 4.15. The quantitative estimate of drug-likeness (QED) is 0.836. The standard InChI is InChI=1S/C15H24F2N2O/c1-10(2)11(3)19(4)14(9-18)12-5-7-13(8-6-12)20-15(16)17/h5-8,10-11,14-15H,9,18H2,1-4H3. The van der Waals surface area contributed by atoms with E-state index in [0.29, 0.717) is 18.5 Å². The highest BCUT2D eigenvalue weighted by Crippen LogP contribution is 2.25. The van der Waals surface area contributed by atoms with Crippen LogP contribution in [0.5, 0.6) is 5.75 Å². The van der Waals surface area contributed by atoms with E-state index in [1.165, 1.54) is 0 Å². The number of hydrogen-bond donors (Lipinski definition) is 1. The second kappa shape index (κ2) is 7.55. The SMILES string of the molecule is CC(C)C(C)N(C)C(CN)c1ccc(OC(F)F)cc1. The molecule has 0 spiro atoms. The predicted molar refractivity (Wildman–Crippen MR) is 76.9 cm³/mol. The van der Waals surface area contributed by atoms with Gasteiger partial charge in [-0.2, -0.15) is 8.78 Å². The average Bonchev–Trinajstić information content (AvgIpc) is 2.39. The summed E-state index contributed by atoms with van der Waals surface area (Å²) in [5, 5.41) is 0. The van der Waals surface area contributed by atoms with Crippen LogP contribution in [0.1, 0.15) is 32.4 Å². The highest BCUT2D eigenvalue weighted by molar-refractivity contribution is 5.29. The van der Waals surface area contributed by atoms with Gasteiger partial charge in [0.1, 0.15) is 5.75 Å². The highest BCUT2D eigenvalue weighted by Gasteiger charge is 2.22. The van der Waals surface area contributed by atoms with E-state index in [1.54, 1.807) is 24.3 Å². The molecule has 2 unspecified atom stereocenters. The van der Waals surface area contributed by atoms with Crippen LogP contribution in [0.2, 0.25) is 0 Å². The molecule has 0 aliphatic carbocycles. The van der Waals surface area contributed by atoms with Crippen LogP contribution in [0.4, 0.5) is 8.78 Å². The molecule has 2 N–H and O–H groups in total. The molecule has 2 atom stereocenters. The Morgan fingerprint density at radius 1 is 1.15 bits per heavy atom. The zero-order valence-electron chi connectivity index (χ0n) is 12.5. The van der Waals surface area contributed by atoms with Gasteiger partial charge in [0.05, 0.1) is 0 Å². The van der Waals surface area contributed by atoms with Crippen LogP contribution in [0.15, 0.2) is 24.3 Å². The van der Waals surface area contributed by atoms with Crippen LogP contribution in [-0.4, -0.2) is 31.1 Å². The van der Waals surface area contributed by atoms with Crippen molar-refractivity contribution in [2.24, 2.45) is 11.7 Å². The summed E-state index contributed by atoms with van der Waals surface area (Å²) in [7, 11) is 2.03. The second-order valence-electron chi connectivity index (χ2n) is 5.35. The topological polar surface area (TPSA) is 38.5 Å². The first-order valence-electron chi connectivity index (χ1n) is 6.83. The Morgan fingerprint density at radius 3 is 2.10 bits per heavy atom. The van der Waals surface area contributed by atoms with Crippen molar-refractivity contribution in [3.05, 3.63) is 29.8 Å². The Balaban J connectivity index is 2.84. The first kappa shape index (κ1) is 16.9. The molecule has 0 aliphatic heterocycles. The van der Waals surface area contributed by atoms with Gasteiger partial charge in [-0.1, -0.05) is 26.0 Å². The zero-order valence-corrected chi connectivity index (χ0v) is 12.5. The van der Waals surface area contributed by atoms with Gasteiger partial charge >= 0.3 is 6.61 Å². The van der Waals surface area contributed by atoms with Crippen molar-refractivity contribution < 1.29 is 13.5 Å². The molecule has 114 valence electrons. The van der Waals surface area contributed by atoms with Gasteiger partial charge in [-0.05, 0) is 37.6 Å². The fraction of sp³-hybridized carbons (Fsp3) is 0.600. The third-order valence-corrected chi connectivity index (χ3v) is 3.81. The van der Waals surface area contributed by atoms with E-state index in [0.717, 1.165) is 5.56 Å². The van der Waals surface area contributed by atoms with Crippen LogP contribution >= 0.6 is 0 Å². The molecule has 0 radical (unpaired) electrons. The molecule has 1 aromatic carbocycles. The van der Waals surface area contributed by atoms with Crippen molar-refractivity contribution in [3.63, 3.8) is 0 Å². The Morgan fingerprint density at radius 2 is 1.70 bits per heavy atom. The number of benzene rings is 1. The van der Waals surface area contributed by atoms with Gasteiger partial charge in [0.25, 0.3) is 0 Å². The monoisotopic (exact) mass is 286 g/mol. The van der Waals surface area contributed by atoms with Crippen molar-refractivity contribution in [2.45, 2.75) is 39.5 Å². The van der Waals surface area contributed by atoms with Crippen molar-refractivity contribution >= 4 is 0 Å². The van der Waals surface area contributed by atoms with E-state index in [9.17, 15) is 8.78 Å². The molecule has 5 heteroatoms. The van der Waals surface area contributed by atoms with Crippen molar-refractivity contribution in [1.82, 2.24) is 4.90 Å². The average molecular weight is 286 g/mol. The van der Waals surface area contributed by atoms with E-state index in [1.807, 2.05) is 7.05 Å². The van der Waals surface area contributed by atoms with Gasteiger partial charge in [-0.25, -0.2) is 0 Å². The van der Waals surface area contributed by atoms with Gasteiger partial charge in [0.2, 0.25) is 0 Å². The van der Waals surface area contributed by atoms with E-state index >= 15 is 0 Å². The summed E-state index contributed by atoms with van der Waals surface area (Å²) >= 11 is 0. The summed E-state index contributed by atoms with van der Waals surface area (Å²) in [6.07, 6.45) is 0. The minimum absolute atomic E-state index is 0.0630. The number of rotatable bonds is 7. The lowest BCUT2D eigenvalue weighted by molar-refractivity contribution is -0.0498. The van der Waals surface area contributed by atoms with Gasteiger partial charge in [-0.15, -0.1) is 0 Å². The van der Waals surface area contributed by atoms with E-state index in [-0.39, 0.29) is 11.8 Å². The summed E-state index contributed by atoms with van der Waals surface area (Å²) in [5.41, 5.74) is 6.87. The van der Waals surface area contributed by atoms with Gasteiger partial charge in [-0.3, -0.25) is 4.90 Å². The first-order chi connectivity index (χ1) is 9.36. The maximum Gasteiger partial charge on any atom is 0.387 e. The Kier molecular flexibility index (Phi) is 6.36. The second-order valence-corrected chi connectivity index (χ2v) is 5.35. The number of halogens is 2. The molecule has 3 nitrogen and oxygen atoms in total. The first-order valence-corrected chi connectivity index (χ1v) is 6.83. The van der Waals surface area contributed by atoms with Crippen LogP contribution in [0, 0.1) is 5.92 Å². The number of nitrogens with zero attached hydrogens (tertiary/aromatic N) is 1. The van der Waals surface area contributed by atoms with Gasteiger partial charge in [0.15, 0.2) is 0 Å². The van der Waals surface area contributed by atoms with Crippen molar-refractivity contribution in [3.8, 4) is 5.75 Å². The molecule has 0 bridgehead atoms. The molecule has 0 fully saturated rings. The molecule has 1 aromatic rings. The molecule has 0 saturated carbocycles. The normalized spacial score (nSPS) is 14.9. The van der Waals surface area contributed by atoms with Crippen LogP contribution in [-0.2, 0) is 0 Å². The molecule has 0 saturated heterocycles. The molecule has 1 rings (SSSR count). The third kappa shape index (κ3) is 4.42. The maximum atomic E-state index is 12.1. The maximum absolute atomic E-state index is 12.1.